The van der Waals surface area contributed by atoms with Crippen molar-refractivity contribution in [3.8, 4) is 0 Å². The second-order valence-corrected chi connectivity index (χ2v) is 5.90. The molecule has 3 heteroatoms. The third-order valence-electron chi connectivity index (χ3n) is 3.17. The molecular formula is C15H24N2O. The maximum atomic E-state index is 11.9. The Labute approximate surface area is 110 Å². The number of hydrogen-bond acceptors (Lipinski definition) is 2. The van der Waals surface area contributed by atoms with Crippen LogP contribution in [0.1, 0.15) is 39.2 Å². The van der Waals surface area contributed by atoms with Gasteiger partial charge < -0.3 is 11.1 Å². The summed E-state index contributed by atoms with van der Waals surface area (Å²) in [6, 6.07) is 9.68. The van der Waals surface area contributed by atoms with E-state index >= 15 is 0 Å². The molecule has 1 aromatic carbocycles. The fourth-order valence-electron chi connectivity index (χ4n) is 1.66. The number of nitrogens with two attached hydrogens (primary N) is 1. The normalized spacial score (nSPS) is 14.9. The summed E-state index contributed by atoms with van der Waals surface area (Å²) >= 11 is 0. The Hall–Kier alpha value is -1.35. The van der Waals surface area contributed by atoms with E-state index in [-0.39, 0.29) is 11.3 Å². The number of nitrogens with one attached hydrogen (secondary N) is 1. The molecule has 0 aromatic heterocycles. The zero-order valence-electron chi connectivity index (χ0n) is 11.7. The van der Waals surface area contributed by atoms with Crippen molar-refractivity contribution >= 4 is 5.91 Å². The van der Waals surface area contributed by atoms with E-state index in [9.17, 15) is 4.79 Å². The van der Waals surface area contributed by atoms with E-state index in [2.05, 4.69) is 24.4 Å². The first kappa shape index (κ1) is 14.7. The fraction of sp³-hybridized carbons (Fsp3) is 0.533. The molecule has 0 heterocycles. The largest absolute Gasteiger partial charge is 0.354 e. The van der Waals surface area contributed by atoms with E-state index in [0.29, 0.717) is 12.5 Å². The molecule has 0 spiro atoms. The van der Waals surface area contributed by atoms with Crippen molar-refractivity contribution in [3.63, 3.8) is 0 Å². The highest BCUT2D eigenvalue weighted by Gasteiger charge is 2.27. The van der Waals surface area contributed by atoms with Crippen molar-refractivity contribution in [2.45, 2.75) is 39.7 Å². The van der Waals surface area contributed by atoms with Crippen LogP contribution in [-0.2, 0) is 4.79 Å². The molecule has 0 saturated heterocycles. The van der Waals surface area contributed by atoms with Gasteiger partial charge in [-0.15, -0.1) is 0 Å². The first-order valence-electron chi connectivity index (χ1n) is 6.40. The molecule has 0 aliphatic heterocycles. The molecule has 0 bridgehead atoms. The van der Waals surface area contributed by atoms with Crippen LogP contribution in [0.25, 0.3) is 0 Å². The number of amides is 1. The summed E-state index contributed by atoms with van der Waals surface area (Å²) in [7, 11) is 0. The lowest BCUT2D eigenvalue weighted by molar-refractivity contribution is -0.124. The standard InChI is InChI=1S/C15H24N2O/c1-11(12-8-6-5-7-9-12)10-17-14(18)13(16)15(2,3)4/h5-9,11,13H,10,16H2,1-4H3,(H,17,18)/t11?,13-/m1/s1. The Morgan fingerprint density at radius 2 is 1.83 bits per heavy atom. The third-order valence-corrected chi connectivity index (χ3v) is 3.17. The SMILES string of the molecule is CC(CNC(=O)[C@@H](N)C(C)(C)C)c1ccccc1. The van der Waals surface area contributed by atoms with Gasteiger partial charge in [0.1, 0.15) is 0 Å². The monoisotopic (exact) mass is 248 g/mol. The molecule has 3 N–H and O–H groups in total. The summed E-state index contributed by atoms with van der Waals surface area (Å²) in [5, 5.41) is 2.92. The molecule has 0 radical (unpaired) electrons. The maximum absolute atomic E-state index is 11.9. The van der Waals surface area contributed by atoms with Crippen molar-refractivity contribution in [2.24, 2.45) is 11.1 Å². The van der Waals surface area contributed by atoms with Crippen LogP contribution in [-0.4, -0.2) is 18.5 Å². The van der Waals surface area contributed by atoms with Crippen molar-refractivity contribution in [1.82, 2.24) is 5.32 Å². The van der Waals surface area contributed by atoms with E-state index in [4.69, 9.17) is 5.73 Å². The number of carbonyl (C=O) groups is 1. The lowest BCUT2D eigenvalue weighted by Crippen LogP contribution is -2.49. The highest BCUT2D eigenvalue weighted by atomic mass is 16.2. The Morgan fingerprint density at radius 3 is 2.33 bits per heavy atom. The van der Waals surface area contributed by atoms with Gasteiger partial charge in [0.15, 0.2) is 0 Å². The molecule has 0 fully saturated rings. The molecule has 3 nitrogen and oxygen atoms in total. The Balaban J connectivity index is 2.49. The molecule has 2 atom stereocenters. The minimum atomic E-state index is -0.472. The Kier molecular flexibility index (Phi) is 4.91. The topological polar surface area (TPSA) is 55.1 Å². The molecule has 1 aromatic rings. The molecule has 1 rings (SSSR count). The summed E-state index contributed by atoms with van der Waals surface area (Å²) in [4.78, 5) is 11.9. The average Bonchev–Trinajstić information content (AvgIpc) is 2.34. The zero-order chi connectivity index (χ0) is 13.8. The highest BCUT2D eigenvalue weighted by molar-refractivity contribution is 5.82. The molecule has 0 saturated carbocycles. The maximum Gasteiger partial charge on any atom is 0.237 e. The molecule has 18 heavy (non-hydrogen) atoms. The lowest BCUT2D eigenvalue weighted by Gasteiger charge is -2.26. The Bertz CT molecular complexity index is 381. The van der Waals surface area contributed by atoms with Crippen LogP contribution < -0.4 is 11.1 Å². The third kappa shape index (κ3) is 4.15. The van der Waals surface area contributed by atoms with Crippen LogP contribution in [0.3, 0.4) is 0 Å². The van der Waals surface area contributed by atoms with Crippen LogP contribution in [0.2, 0.25) is 0 Å². The van der Waals surface area contributed by atoms with Crippen LogP contribution in [0.4, 0.5) is 0 Å². The number of rotatable bonds is 4. The summed E-state index contributed by atoms with van der Waals surface area (Å²) in [5.74, 6) is 0.215. The minimum Gasteiger partial charge on any atom is -0.354 e. The summed E-state index contributed by atoms with van der Waals surface area (Å²) in [6.45, 7) is 8.62. The van der Waals surface area contributed by atoms with Crippen molar-refractivity contribution in [3.05, 3.63) is 35.9 Å². The molecule has 100 valence electrons. The zero-order valence-corrected chi connectivity index (χ0v) is 11.7. The average molecular weight is 248 g/mol. The molecule has 1 amide bonds. The van der Waals surface area contributed by atoms with Crippen molar-refractivity contribution in [1.29, 1.82) is 0 Å². The minimum absolute atomic E-state index is 0.0784. The van der Waals surface area contributed by atoms with Gasteiger partial charge in [0.2, 0.25) is 5.91 Å². The van der Waals surface area contributed by atoms with Gasteiger partial charge >= 0.3 is 0 Å². The number of benzene rings is 1. The van der Waals surface area contributed by atoms with Crippen LogP contribution in [0.15, 0.2) is 30.3 Å². The Morgan fingerprint density at radius 1 is 1.28 bits per heavy atom. The summed E-state index contributed by atoms with van der Waals surface area (Å²) in [6.07, 6.45) is 0. The first-order chi connectivity index (χ1) is 8.32. The van der Waals surface area contributed by atoms with E-state index in [1.165, 1.54) is 5.56 Å². The summed E-state index contributed by atoms with van der Waals surface area (Å²) < 4.78 is 0. The van der Waals surface area contributed by atoms with Crippen LogP contribution in [0.5, 0.6) is 0 Å². The number of carbonyl (C=O) groups excluding carboxylic acids is 1. The van der Waals surface area contributed by atoms with Gasteiger partial charge in [-0.2, -0.15) is 0 Å². The first-order valence-corrected chi connectivity index (χ1v) is 6.40. The van der Waals surface area contributed by atoms with Gasteiger partial charge in [0.25, 0.3) is 0 Å². The van der Waals surface area contributed by atoms with E-state index in [0.717, 1.165) is 0 Å². The van der Waals surface area contributed by atoms with Crippen molar-refractivity contribution < 1.29 is 4.79 Å². The summed E-state index contributed by atoms with van der Waals surface area (Å²) in [5.41, 5.74) is 6.92. The van der Waals surface area contributed by atoms with Gasteiger partial charge in [-0.3, -0.25) is 4.79 Å². The molecule has 1 unspecified atom stereocenters. The lowest BCUT2D eigenvalue weighted by atomic mass is 9.87. The second-order valence-electron chi connectivity index (χ2n) is 5.90. The molecular weight excluding hydrogens is 224 g/mol. The van der Waals surface area contributed by atoms with Gasteiger partial charge in [0.05, 0.1) is 6.04 Å². The predicted octanol–water partition coefficient (Wildman–Crippen LogP) is 2.28. The quantitative estimate of drug-likeness (QED) is 0.859. The van der Waals surface area contributed by atoms with E-state index in [1.807, 2.05) is 39.0 Å². The van der Waals surface area contributed by atoms with Crippen molar-refractivity contribution in [2.75, 3.05) is 6.54 Å². The van der Waals surface area contributed by atoms with Crippen LogP contribution in [0, 0.1) is 5.41 Å². The van der Waals surface area contributed by atoms with E-state index in [1.54, 1.807) is 0 Å². The fourth-order valence-corrected chi connectivity index (χ4v) is 1.66. The van der Waals surface area contributed by atoms with Gasteiger partial charge in [-0.1, -0.05) is 58.0 Å². The second kappa shape index (κ2) is 6.01. The van der Waals surface area contributed by atoms with Gasteiger partial charge in [-0.25, -0.2) is 0 Å². The molecule has 0 aliphatic rings. The smallest absolute Gasteiger partial charge is 0.237 e. The van der Waals surface area contributed by atoms with Crippen LogP contribution >= 0.6 is 0 Å². The number of hydrogen-bond donors (Lipinski definition) is 2. The van der Waals surface area contributed by atoms with Gasteiger partial charge in [0, 0.05) is 6.54 Å². The molecule has 0 aliphatic carbocycles. The van der Waals surface area contributed by atoms with Gasteiger partial charge in [-0.05, 0) is 16.9 Å². The predicted molar refractivity (Wildman–Crippen MR) is 75.3 cm³/mol. The van der Waals surface area contributed by atoms with E-state index < -0.39 is 6.04 Å². The highest BCUT2D eigenvalue weighted by Crippen LogP contribution is 2.18.